The van der Waals surface area contributed by atoms with Gasteiger partial charge in [-0.3, -0.25) is 4.79 Å². The number of hydrogen-bond donors (Lipinski definition) is 4. The summed E-state index contributed by atoms with van der Waals surface area (Å²) in [7, 11) is 0. The van der Waals surface area contributed by atoms with Gasteiger partial charge >= 0.3 is 5.97 Å². The largest absolute Gasteiger partial charge is 0.457 e. The molecule has 9 nitrogen and oxygen atoms in total. The minimum absolute atomic E-state index is 0.122. The lowest BCUT2D eigenvalue weighted by molar-refractivity contribution is -0.305. The monoisotopic (exact) mass is 887 g/mol. The predicted molar refractivity (Wildman–Crippen MR) is 260 cm³/mol. The predicted octanol–water partition coefficient (Wildman–Crippen LogP) is 12.4. The first kappa shape index (κ1) is 58.6. The summed E-state index contributed by atoms with van der Waals surface area (Å²) in [5, 5.41) is 40.2. The van der Waals surface area contributed by atoms with Gasteiger partial charge in [0.15, 0.2) is 6.29 Å². The van der Waals surface area contributed by atoms with Crippen molar-refractivity contribution in [1.82, 2.24) is 0 Å². The van der Waals surface area contributed by atoms with Crippen LogP contribution in [0.2, 0.25) is 0 Å². The lowest BCUT2D eigenvalue weighted by Gasteiger charge is -2.39. The zero-order valence-corrected chi connectivity index (χ0v) is 40.1. The Morgan fingerprint density at radius 2 is 0.968 bits per heavy atom. The van der Waals surface area contributed by atoms with E-state index in [9.17, 15) is 25.2 Å². The SMILES string of the molecule is CC/C=C\C/C=C\C/C=C\C/C=C\CCCCCCCCCCC(=O)OC(COCCCCCCCCCC/C=C\C/C=C\CCCCCC)COC1OC(CO)C(O)C(O)C1O. The van der Waals surface area contributed by atoms with Gasteiger partial charge in [0.05, 0.1) is 19.8 Å². The van der Waals surface area contributed by atoms with Crippen molar-refractivity contribution in [2.75, 3.05) is 26.4 Å². The summed E-state index contributed by atoms with van der Waals surface area (Å²) in [4.78, 5) is 12.8. The number of carbonyl (C=O) groups excluding carboxylic acids is 1. The van der Waals surface area contributed by atoms with Crippen LogP contribution in [0.4, 0.5) is 0 Å². The normalized spacial score (nSPS) is 20.3. The minimum Gasteiger partial charge on any atom is -0.457 e. The molecule has 0 spiro atoms. The molecule has 6 atom stereocenters. The molecule has 364 valence electrons. The first-order valence-corrected chi connectivity index (χ1v) is 25.5. The second-order valence-electron chi connectivity index (χ2n) is 17.2. The van der Waals surface area contributed by atoms with Crippen LogP contribution in [0.15, 0.2) is 72.9 Å². The number of allylic oxidation sites excluding steroid dienone is 12. The minimum atomic E-state index is -1.54. The van der Waals surface area contributed by atoms with E-state index in [1.54, 1.807) is 0 Å². The third kappa shape index (κ3) is 35.6. The number of aliphatic hydroxyl groups excluding tert-OH is 4. The van der Waals surface area contributed by atoms with Crippen LogP contribution in [-0.2, 0) is 23.7 Å². The fourth-order valence-corrected chi connectivity index (χ4v) is 7.40. The lowest BCUT2D eigenvalue weighted by Crippen LogP contribution is -2.59. The van der Waals surface area contributed by atoms with E-state index in [0.29, 0.717) is 13.0 Å². The van der Waals surface area contributed by atoms with Crippen LogP contribution in [0.25, 0.3) is 0 Å². The van der Waals surface area contributed by atoms with Gasteiger partial charge in [0.1, 0.15) is 30.5 Å². The van der Waals surface area contributed by atoms with Gasteiger partial charge in [-0.2, -0.15) is 0 Å². The molecule has 0 radical (unpaired) electrons. The van der Waals surface area contributed by atoms with E-state index in [4.69, 9.17) is 18.9 Å². The van der Waals surface area contributed by atoms with Crippen molar-refractivity contribution < 1.29 is 44.2 Å². The van der Waals surface area contributed by atoms with Gasteiger partial charge in [-0.15, -0.1) is 0 Å². The van der Waals surface area contributed by atoms with Crippen LogP contribution in [0.1, 0.15) is 200 Å². The van der Waals surface area contributed by atoms with Gasteiger partial charge in [0, 0.05) is 13.0 Å². The van der Waals surface area contributed by atoms with Crippen LogP contribution in [0.5, 0.6) is 0 Å². The summed E-state index contributed by atoms with van der Waals surface area (Å²) in [5.41, 5.74) is 0. The molecule has 1 fully saturated rings. The average molecular weight is 887 g/mol. The molecule has 0 aromatic carbocycles. The number of unbranched alkanes of at least 4 members (excludes halogenated alkanes) is 20. The molecular formula is C54H94O9. The van der Waals surface area contributed by atoms with Crippen LogP contribution >= 0.6 is 0 Å². The molecule has 0 aromatic heterocycles. The fourth-order valence-electron chi connectivity index (χ4n) is 7.40. The summed E-state index contributed by atoms with van der Waals surface area (Å²) in [6.45, 7) is 4.41. The topological polar surface area (TPSA) is 135 Å². The number of aliphatic hydroxyl groups is 4. The van der Waals surface area contributed by atoms with Crippen molar-refractivity contribution in [2.24, 2.45) is 0 Å². The van der Waals surface area contributed by atoms with Crippen molar-refractivity contribution in [1.29, 1.82) is 0 Å². The van der Waals surface area contributed by atoms with E-state index in [1.807, 2.05) is 0 Å². The van der Waals surface area contributed by atoms with E-state index < -0.39 is 43.4 Å². The molecule has 4 N–H and O–H groups in total. The number of esters is 1. The summed E-state index contributed by atoms with van der Waals surface area (Å²) in [6.07, 6.45) is 52.1. The maximum Gasteiger partial charge on any atom is 0.306 e. The standard InChI is InChI=1S/C54H94O9/c1-3-5-7-9-11-13-15-17-19-21-23-24-25-27-29-31-33-35-37-39-41-43-50(56)62-48(47-61-54-53(59)52(58)51(57)49(45-55)63-54)46-60-44-42-40-38-36-34-32-30-28-26-22-20-18-16-14-12-10-8-6-4-2/h5,7,11,13-14,16-17,19-20,22-24,48-49,51-55,57-59H,3-4,6,8-10,12,15,18,21,25-47H2,1-2H3/b7-5-,13-11-,16-14-,19-17-,22-20-,24-23-. The Kier molecular flexibility index (Phi) is 41.7. The van der Waals surface area contributed by atoms with Gasteiger partial charge in [-0.25, -0.2) is 0 Å². The Bertz CT molecular complexity index is 1190. The second kappa shape index (κ2) is 44.8. The molecule has 6 unspecified atom stereocenters. The molecule has 0 amide bonds. The lowest BCUT2D eigenvalue weighted by atomic mass is 9.99. The third-order valence-electron chi connectivity index (χ3n) is 11.4. The molecule has 1 heterocycles. The Hall–Kier alpha value is -2.37. The quantitative estimate of drug-likeness (QED) is 0.0268. The summed E-state index contributed by atoms with van der Waals surface area (Å²) in [6, 6.07) is 0. The Morgan fingerprint density at radius 3 is 1.46 bits per heavy atom. The van der Waals surface area contributed by atoms with Crippen molar-refractivity contribution in [3.8, 4) is 0 Å². The highest BCUT2D eigenvalue weighted by Crippen LogP contribution is 2.23. The Balaban J connectivity index is 2.23. The van der Waals surface area contributed by atoms with Crippen molar-refractivity contribution in [3.63, 3.8) is 0 Å². The molecular weight excluding hydrogens is 793 g/mol. The fraction of sp³-hybridized carbons (Fsp3) is 0.759. The molecule has 0 aromatic rings. The third-order valence-corrected chi connectivity index (χ3v) is 11.4. The maximum atomic E-state index is 12.8. The van der Waals surface area contributed by atoms with E-state index in [2.05, 4.69) is 86.8 Å². The van der Waals surface area contributed by atoms with E-state index in [-0.39, 0.29) is 19.2 Å². The molecule has 1 aliphatic heterocycles. The van der Waals surface area contributed by atoms with Crippen LogP contribution in [0, 0.1) is 0 Å². The molecule has 0 bridgehead atoms. The van der Waals surface area contributed by atoms with Crippen LogP contribution in [0.3, 0.4) is 0 Å². The van der Waals surface area contributed by atoms with Gasteiger partial charge in [-0.05, 0) is 83.5 Å². The van der Waals surface area contributed by atoms with Crippen molar-refractivity contribution >= 4 is 5.97 Å². The number of ether oxygens (including phenoxy) is 4. The van der Waals surface area contributed by atoms with Gasteiger partial charge in [0.25, 0.3) is 0 Å². The molecule has 1 saturated heterocycles. The maximum absolute atomic E-state index is 12.8. The van der Waals surface area contributed by atoms with E-state index >= 15 is 0 Å². The highest BCUT2D eigenvalue weighted by Gasteiger charge is 2.44. The highest BCUT2D eigenvalue weighted by atomic mass is 16.7. The van der Waals surface area contributed by atoms with E-state index in [1.165, 1.54) is 103 Å². The molecule has 9 heteroatoms. The van der Waals surface area contributed by atoms with Crippen LogP contribution < -0.4 is 0 Å². The summed E-state index contributed by atoms with van der Waals surface area (Å²) < 4.78 is 22.9. The Labute approximate surface area is 385 Å². The van der Waals surface area contributed by atoms with Gasteiger partial charge in [0.2, 0.25) is 0 Å². The molecule has 0 aliphatic carbocycles. The number of rotatable bonds is 43. The first-order valence-electron chi connectivity index (χ1n) is 25.5. The zero-order chi connectivity index (χ0) is 45.7. The average Bonchev–Trinajstić information content (AvgIpc) is 3.28. The molecule has 63 heavy (non-hydrogen) atoms. The smallest absolute Gasteiger partial charge is 0.306 e. The number of carbonyl (C=O) groups is 1. The molecule has 1 aliphatic rings. The van der Waals surface area contributed by atoms with Gasteiger partial charge in [-0.1, -0.05) is 183 Å². The zero-order valence-electron chi connectivity index (χ0n) is 40.1. The van der Waals surface area contributed by atoms with Crippen molar-refractivity contribution in [2.45, 2.75) is 237 Å². The van der Waals surface area contributed by atoms with Crippen molar-refractivity contribution in [3.05, 3.63) is 72.9 Å². The number of hydrogen-bond acceptors (Lipinski definition) is 9. The van der Waals surface area contributed by atoms with Gasteiger partial charge < -0.3 is 39.4 Å². The second-order valence-corrected chi connectivity index (χ2v) is 17.2. The first-order chi connectivity index (χ1) is 30.9. The van der Waals surface area contributed by atoms with Crippen LogP contribution in [-0.4, -0.2) is 89.6 Å². The molecule has 0 saturated carbocycles. The molecule has 1 rings (SSSR count). The van der Waals surface area contributed by atoms with E-state index in [0.717, 1.165) is 77.0 Å². The summed E-state index contributed by atoms with van der Waals surface area (Å²) >= 11 is 0. The highest BCUT2D eigenvalue weighted by molar-refractivity contribution is 5.69. The Morgan fingerprint density at radius 1 is 0.524 bits per heavy atom. The summed E-state index contributed by atoms with van der Waals surface area (Å²) in [5.74, 6) is -0.325.